The van der Waals surface area contributed by atoms with Crippen molar-refractivity contribution in [1.29, 1.82) is 0 Å². The summed E-state index contributed by atoms with van der Waals surface area (Å²) in [6.45, 7) is 2.21. The van der Waals surface area contributed by atoms with Crippen molar-refractivity contribution in [3.63, 3.8) is 0 Å². The molecule has 0 atom stereocenters. The number of rotatable bonds is 0. The Bertz CT molecular complexity index is 1170. The highest BCUT2D eigenvalue weighted by Crippen LogP contribution is 2.59. The van der Waals surface area contributed by atoms with E-state index in [0.717, 1.165) is 6.42 Å². The van der Waals surface area contributed by atoms with E-state index in [0.29, 0.717) is 0 Å². The van der Waals surface area contributed by atoms with Crippen molar-refractivity contribution in [3.05, 3.63) is 130 Å². The van der Waals surface area contributed by atoms with Crippen LogP contribution in [-0.4, -0.2) is 0 Å². The van der Waals surface area contributed by atoms with Crippen LogP contribution in [0.2, 0.25) is 0 Å². The molecule has 0 nitrogen and oxygen atoms in total. The Labute approximate surface area is 160 Å². The van der Waals surface area contributed by atoms with Crippen LogP contribution in [0.5, 0.6) is 0 Å². The second-order valence-corrected chi connectivity index (χ2v) is 7.84. The van der Waals surface area contributed by atoms with Crippen LogP contribution in [0.15, 0.2) is 91.0 Å². The molecular weight excluding hydrogens is 324 g/mol. The Hall–Kier alpha value is -3.12. The second-order valence-electron chi connectivity index (χ2n) is 7.84. The normalized spacial score (nSPS) is 15.0. The SMILES string of the molecule is Cc1ccc2c(c1)C1(c3ccccc3Cc3ccccc31)c1ccccc1-2. The highest BCUT2D eigenvalue weighted by molar-refractivity contribution is 5.87. The fraction of sp³-hybridized carbons (Fsp3) is 0.111. The minimum atomic E-state index is -0.205. The van der Waals surface area contributed by atoms with E-state index >= 15 is 0 Å². The third-order valence-electron chi connectivity index (χ3n) is 6.42. The van der Waals surface area contributed by atoms with Crippen LogP contribution in [0.4, 0.5) is 0 Å². The molecule has 0 heterocycles. The van der Waals surface area contributed by atoms with Gasteiger partial charge in [0.2, 0.25) is 0 Å². The highest BCUT2D eigenvalue weighted by Gasteiger charge is 2.49. The van der Waals surface area contributed by atoms with Gasteiger partial charge >= 0.3 is 0 Å². The molecule has 2 aliphatic carbocycles. The maximum Gasteiger partial charge on any atom is 0.0719 e. The van der Waals surface area contributed by atoms with Gasteiger partial charge in [-0.25, -0.2) is 0 Å². The van der Waals surface area contributed by atoms with Gasteiger partial charge in [-0.3, -0.25) is 0 Å². The topological polar surface area (TPSA) is 0 Å². The van der Waals surface area contributed by atoms with Crippen LogP contribution in [0.1, 0.15) is 38.9 Å². The summed E-state index contributed by atoms with van der Waals surface area (Å²) in [6, 6.07) is 34.0. The molecule has 0 amide bonds. The Balaban J connectivity index is 1.87. The summed E-state index contributed by atoms with van der Waals surface area (Å²) in [6.07, 6.45) is 1.01. The van der Waals surface area contributed by atoms with Gasteiger partial charge in [0, 0.05) is 0 Å². The fourth-order valence-corrected chi connectivity index (χ4v) is 5.40. The summed E-state index contributed by atoms with van der Waals surface area (Å²) in [5, 5.41) is 0. The van der Waals surface area contributed by atoms with Gasteiger partial charge in [-0.15, -0.1) is 0 Å². The van der Waals surface area contributed by atoms with Crippen molar-refractivity contribution < 1.29 is 0 Å². The largest absolute Gasteiger partial charge is 0.0719 e. The van der Waals surface area contributed by atoms with Gasteiger partial charge < -0.3 is 0 Å². The third kappa shape index (κ3) is 1.78. The number of hydrogen-bond acceptors (Lipinski definition) is 0. The zero-order chi connectivity index (χ0) is 18.0. The van der Waals surface area contributed by atoms with Crippen LogP contribution in [0.3, 0.4) is 0 Å². The van der Waals surface area contributed by atoms with Crippen molar-refractivity contribution in [2.24, 2.45) is 0 Å². The lowest BCUT2D eigenvalue weighted by atomic mass is 9.61. The van der Waals surface area contributed by atoms with Gasteiger partial charge in [-0.2, -0.15) is 0 Å². The molecular formula is C27H20. The minimum Gasteiger partial charge on any atom is -0.0620 e. The van der Waals surface area contributed by atoms with Crippen molar-refractivity contribution in [3.8, 4) is 11.1 Å². The molecule has 4 aromatic rings. The Kier molecular flexibility index (Phi) is 2.89. The molecule has 0 unspecified atom stereocenters. The number of aryl methyl sites for hydroxylation is 1. The van der Waals surface area contributed by atoms with Gasteiger partial charge in [-0.1, -0.05) is 96.6 Å². The van der Waals surface area contributed by atoms with E-state index in [1.165, 1.54) is 50.1 Å². The Morgan fingerprint density at radius 3 is 1.81 bits per heavy atom. The number of hydrogen-bond donors (Lipinski definition) is 0. The van der Waals surface area contributed by atoms with E-state index in [-0.39, 0.29) is 5.41 Å². The standard InChI is InChI=1S/C27H20/c1-18-14-15-22-21-10-4-7-13-25(21)27(26(22)16-18)23-11-5-2-8-19(23)17-20-9-3-6-12-24(20)27/h2-16H,17H2,1H3. The second kappa shape index (κ2) is 5.20. The summed E-state index contributed by atoms with van der Waals surface area (Å²) in [7, 11) is 0. The molecule has 128 valence electrons. The summed E-state index contributed by atoms with van der Waals surface area (Å²) in [5.41, 5.74) is 12.5. The maximum atomic E-state index is 2.41. The quantitative estimate of drug-likeness (QED) is 0.305. The average Bonchev–Trinajstić information content (AvgIpc) is 2.99. The molecule has 0 saturated heterocycles. The molecule has 0 N–H and O–H groups in total. The van der Waals surface area contributed by atoms with Crippen LogP contribution in [-0.2, 0) is 11.8 Å². The number of fused-ring (bicyclic) bond motifs is 9. The molecule has 0 bridgehead atoms. The van der Waals surface area contributed by atoms with Gasteiger partial charge in [0.05, 0.1) is 5.41 Å². The molecule has 0 aliphatic heterocycles. The zero-order valence-corrected chi connectivity index (χ0v) is 15.4. The van der Waals surface area contributed by atoms with Crippen LogP contribution in [0, 0.1) is 6.92 Å². The lowest BCUT2D eigenvalue weighted by Gasteiger charge is -2.40. The van der Waals surface area contributed by atoms with Gasteiger partial charge in [0.25, 0.3) is 0 Å². The van der Waals surface area contributed by atoms with E-state index in [1.807, 2.05) is 0 Å². The molecule has 0 aromatic heterocycles. The van der Waals surface area contributed by atoms with Crippen molar-refractivity contribution >= 4 is 0 Å². The van der Waals surface area contributed by atoms with Crippen molar-refractivity contribution in [1.82, 2.24) is 0 Å². The van der Waals surface area contributed by atoms with E-state index in [2.05, 4.69) is 97.9 Å². The van der Waals surface area contributed by atoms with E-state index in [9.17, 15) is 0 Å². The maximum absolute atomic E-state index is 2.41. The highest BCUT2D eigenvalue weighted by atomic mass is 14.5. The molecule has 1 spiro atoms. The van der Waals surface area contributed by atoms with Crippen LogP contribution < -0.4 is 0 Å². The molecule has 6 rings (SSSR count). The zero-order valence-electron chi connectivity index (χ0n) is 15.4. The first-order valence-corrected chi connectivity index (χ1v) is 9.68. The first kappa shape index (κ1) is 15.0. The number of benzene rings is 4. The smallest absolute Gasteiger partial charge is 0.0620 e. The molecule has 4 aromatic carbocycles. The summed E-state index contributed by atoms with van der Waals surface area (Å²) in [4.78, 5) is 0. The lowest BCUT2D eigenvalue weighted by molar-refractivity contribution is 0.721. The van der Waals surface area contributed by atoms with E-state index in [4.69, 9.17) is 0 Å². The lowest BCUT2D eigenvalue weighted by Crippen LogP contribution is -2.34. The predicted octanol–water partition coefficient (Wildman–Crippen LogP) is 6.26. The first-order valence-electron chi connectivity index (χ1n) is 9.68. The van der Waals surface area contributed by atoms with E-state index in [1.54, 1.807) is 0 Å². The molecule has 0 fully saturated rings. The van der Waals surface area contributed by atoms with Gasteiger partial charge in [0.1, 0.15) is 0 Å². The molecule has 0 radical (unpaired) electrons. The van der Waals surface area contributed by atoms with Crippen molar-refractivity contribution in [2.45, 2.75) is 18.8 Å². The minimum absolute atomic E-state index is 0.205. The Morgan fingerprint density at radius 1 is 0.556 bits per heavy atom. The molecule has 27 heavy (non-hydrogen) atoms. The van der Waals surface area contributed by atoms with Crippen LogP contribution in [0.25, 0.3) is 11.1 Å². The summed E-state index contributed by atoms with van der Waals surface area (Å²) in [5.74, 6) is 0. The van der Waals surface area contributed by atoms with Crippen molar-refractivity contribution in [2.75, 3.05) is 0 Å². The van der Waals surface area contributed by atoms with Gasteiger partial charge in [0.15, 0.2) is 0 Å². The first-order chi connectivity index (χ1) is 13.3. The van der Waals surface area contributed by atoms with Gasteiger partial charge in [-0.05, 0) is 57.9 Å². The van der Waals surface area contributed by atoms with E-state index < -0.39 is 0 Å². The monoisotopic (exact) mass is 344 g/mol. The fourth-order valence-electron chi connectivity index (χ4n) is 5.40. The predicted molar refractivity (Wildman–Crippen MR) is 111 cm³/mol. The summed E-state index contributed by atoms with van der Waals surface area (Å²) >= 11 is 0. The van der Waals surface area contributed by atoms with Crippen LogP contribution >= 0.6 is 0 Å². The third-order valence-corrected chi connectivity index (χ3v) is 6.42. The Morgan fingerprint density at radius 2 is 1.11 bits per heavy atom. The molecule has 0 saturated carbocycles. The molecule has 2 aliphatic rings. The average molecular weight is 344 g/mol. The summed E-state index contributed by atoms with van der Waals surface area (Å²) < 4.78 is 0. The molecule has 0 heteroatoms.